The van der Waals surface area contributed by atoms with Gasteiger partial charge in [0.2, 0.25) is 0 Å². The van der Waals surface area contributed by atoms with Crippen LogP contribution in [0.15, 0.2) is 44.0 Å². The van der Waals surface area contributed by atoms with Gasteiger partial charge in [-0.3, -0.25) is 0 Å². The van der Waals surface area contributed by atoms with Crippen molar-refractivity contribution < 1.29 is 9.90 Å². The molecule has 0 aromatic heterocycles. The van der Waals surface area contributed by atoms with Crippen LogP contribution >= 0.6 is 0 Å². The maximum Gasteiger partial charge on any atom is 0.336 e. The van der Waals surface area contributed by atoms with Crippen LogP contribution in [0.4, 0.5) is 0 Å². The second kappa shape index (κ2) is 4.94. The lowest BCUT2D eigenvalue weighted by Gasteiger charge is -2.14. The summed E-state index contributed by atoms with van der Waals surface area (Å²) in [5.41, 5.74) is 2.47. The summed E-state index contributed by atoms with van der Waals surface area (Å²) in [7, 11) is 0. The third-order valence-electron chi connectivity index (χ3n) is 3.16. The van der Waals surface area contributed by atoms with E-state index in [0.29, 0.717) is 10.9 Å². The van der Waals surface area contributed by atoms with Gasteiger partial charge in [-0.2, -0.15) is 0 Å². The van der Waals surface area contributed by atoms with Crippen molar-refractivity contribution in [3.63, 3.8) is 0 Å². The van der Waals surface area contributed by atoms with Crippen LogP contribution in [0.5, 0.6) is 0 Å². The molecule has 0 fully saturated rings. The molecule has 2 heteroatoms. The molecule has 0 heterocycles. The second-order valence-electron chi connectivity index (χ2n) is 4.08. The van der Waals surface area contributed by atoms with E-state index in [0.717, 1.165) is 16.5 Å². The van der Waals surface area contributed by atoms with Gasteiger partial charge in [-0.25, -0.2) is 4.79 Å². The van der Waals surface area contributed by atoms with Gasteiger partial charge in [0.05, 0.1) is 5.56 Å². The fraction of sp³-hybridized carbons (Fsp3) is 0. The molecule has 1 N–H and O–H groups in total. The van der Waals surface area contributed by atoms with Crippen LogP contribution in [0, 0.1) is 0 Å². The smallest absolute Gasteiger partial charge is 0.336 e. The molecule has 0 saturated heterocycles. The molecule has 0 unspecified atom stereocenters. The molecule has 0 atom stereocenters. The Morgan fingerprint density at radius 3 is 1.89 bits per heavy atom. The number of rotatable bonds is 4. The topological polar surface area (TPSA) is 37.3 Å². The lowest BCUT2D eigenvalue weighted by atomic mass is 9.89. The summed E-state index contributed by atoms with van der Waals surface area (Å²) in [5, 5.41) is 11.0. The van der Waals surface area contributed by atoms with Gasteiger partial charge in [0.1, 0.15) is 0 Å². The molecule has 0 aliphatic rings. The maximum absolute atomic E-state index is 11.6. The molecule has 2 nitrogen and oxygen atoms in total. The Morgan fingerprint density at radius 1 is 0.895 bits per heavy atom. The van der Waals surface area contributed by atoms with Crippen molar-refractivity contribution >= 4 is 35.0 Å². The number of fused-ring (bicyclic) bond motifs is 1. The SMILES string of the molecule is C=Cc1c(C=C)c(C(=O)O)c2ccccc2c1C=C. The summed E-state index contributed by atoms with van der Waals surface area (Å²) in [6.07, 6.45) is 4.92. The maximum atomic E-state index is 11.6. The van der Waals surface area contributed by atoms with E-state index in [1.54, 1.807) is 24.3 Å². The number of hydrogen-bond donors (Lipinski definition) is 1. The van der Waals surface area contributed by atoms with Gasteiger partial charge in [0.25, 0.3) is 0 Å². The van der Waals surface area contributed by atoms with E-state index in [4.69, 9.17) is 0 Å². The number of benzene rings is 2. The second-order valence-corrected chi connectivity index (χ2v) is 4.08. The predicted octanol–water partition coefficient (Wildman–Crippen LogP) is 4.47. The van der Waals surface area contributed by atoms with Gasteiger partial charge in [0, 0.05) is 0 Å². The Kier molecular flexibility index (Phi) is 3.34. The third kappa shape index (κ3) is 1.87. The molecule has 94 valence electrons. The Morgan fingerprint density at radius 2 is 1.42 bits per heavy atom. The van der Waals surface area contributed by atoms with Crippen LogP contribution in [0.1, 0.15) is 27.0 Å². The van der Waals surface area contributed by atoms with Crippen molar-refractivity contribution in [2.75, 3.05) is 0 Å². The van der Waals surface area contributed by atoms with E-state index in [1.807, 2.05) is 18.2 Å². The monoisotopic (exact) mass is 250 g/mol. The minimum absolute atomic E-state index is 0.256. The highest BCUT2D eigenvalue weighted by Gasteiger charge is 2.18. The first-order valence-corrected chi connectivity index (χ1v) is 5.85. The van der Waals surface area contributed by atoms with Gasteiger partial charge < -0.3 is 5.11 Å². The first kappa shape index (κ1) is 12.8. The van der Waals surface area contributed by atoms with E-state index in [9.17, 15) is 9.90 Å². The van der Waals surface area contributed by atoms with Crippen LogP contribution in [0.2, 0.25) is 0 Å². The summed E-state index contributed by atoms with van der Waals surface area (Å²) in [5.74, 6) is -0.968. The molecule has 0 spiro atoms. The Labute approximate surface area is 112 Å². The van der Waals surface area contributed by atoms with E-state index >= 15 is 0 Å². The van der Waals surface area contributed by atoms with Crippen molar-refractivity contribution in [1.29, 1.82) is 0 Å². The molecule has 0 saturated carbocycles. The average molecular weight is 250 g/mol. The zero-order valence-corrected chi connectivity index (χ0v) is 10.5. The van der Waals surface area contributed by atoms with E-state index < -0.39 is 5.97 Å². The number of aromatic carboxylic acids is 1. The molecule has 0 amide bonds. The number of carboxylic acid groups (broad SMARTS) is 1. The van der Waals surface area contributed by atoms with Crippen molar-refractivity contribution in [3.8, 4) is 0 Å². The molecule has 0 aliphatic carbocycles. The van der Waals surface area contributed by atoms with Crippen molar-refractivity contribution in [1.82, 2.24) is 0 Å². The van der Waals surface area contributed by atoms with Gasteiger partial charge in [-0.05, 0) is 27.5 Å². The minimum atomic E-state index is -0.968. The highest BCUT2D eigenvalue weighted by molar-refractivity contribution is 6.11. The molecular formula is C17H14O2. The molecule has 2 aromatic carbocycles. The van der Waals surface area contributed by atoms with Crippen molar-refractivity contribution in [2.24, 2.45) is 0 Å². The molecule has 2 rings (SSSR count). The summed E-state index contributed by atoms with van der Waals surface area (Å²) >= 11 is 0. The standard InChI is InChI=1S/C17H14O2/c1-4-11-12(5-2)14-9-7-8-10-15(14)16(17(18)19)13(11)6-3/h4-10H,1-3H2,(H,18,19). The van der Waals surface area contributed by atoms with Gasteiger partial charge in [-0.1, -0.05) is 62.2 Å². The number of hydrogen-bond acceptors (Lipinski definition) is 1. The van der Waals surface area contributed by atoms with E-state index in [1.165, 1.54) is 0 Å². The fourth-order valence-corrected chi connectivity index (χ4v) is 2.39. The normalized spacial score (nSPS) is 10.1. The third-order valence-corrected chi connectivity index (χ3v) is 3.16. The highest BCUT2D eigenvalue weighted by atomic mass is 16.4. The van der Waals surface area contributed by atoms with Gasteiger partial charge in [-0.15, -0.1) is 0 Å². The van der Waals surface area contributed by atoms with Crippen LogP contribution in [-0.2, 0) is 0 Å². The summed E-state index contributed by atoms with van der Waals surface area (Å²) in [6, 6.07) is 7.38. The Balaban J connectivity index is 3.15. The van der Waals surface area contributed by atoms with Crippen LogP contribution in [0.3, 0.4) is 0 Å². The molecule has 0 radical (unpaired) electrons. The molecule has 0 aliphatic heterocycles. The lowest BCUT2D eigenvalue weighted by molar-refractivity contribution is 0.0699. The fourth-order valence-electron chi connectivity index (χ4n) is 2.39. The zero-order valence-electron chi connectivity index (χ0n) is 10.5. The first-order chi connectivity index (χ1) is 9.15. The molecule has 0 bridgehead atoms. The molecular weight excluding hydrogens is 236 g/mol. The summed E-state index contributed by atoms with van der Waals surface area (Å²) in [4.78, 5) is 11.6. The predicted molar refractivity (Wildman–Crippen MR) is 81.2 cm³/mol. The largest absolute Gasteiger partial charge is 0.478 e. The highest BCUT2D eigenvalue weighted by Crippen LogP contribution is 2.33. The molecule has 19 heavy (non-hydrogen) atoms. The van der Waals surface area contributed by atoms with E-state index in [2.05, 4.69) is 19.7 Å². The van der Waals surface area contributed by atoms with Crippen LogP contribution < -0.4 is 0 Å². The Bertz CT molecular complexity index is 709. The van der Waals surface area contributed by atoms with Crippen LogP contribution in [-0.4, -0.2) is 11.1 Å². The van der Waals surface area contributed by atoms with Crippen molar-refractivity contribution in [2.45, 2.75) is 0 Å². The van der Waals surface area contributed by atoms with Gasteiger partial charge in [0.15, 0.2) is 0 Å². The molecule has 2 aromatic rings. The minimum Gasteiger partial charge on any atom is -0.478 e. The number of carboxylic acids is 1. The Hall–Kier alpha value is -2.61. The summed E-state index contributed by atoms with van der Waals surface area (Å²) in [6.45, 7) is 11.3. The number of carbonyl (C=O) groups is 1. The first-order valence-electron chi connectivity index (χ1n) is 5.85. The van der Waals surface area contributed by atoms with Gasteiger partial charge >= 0.3 is 5.97 Å². The van der Waals surface area contributed by atoms with Crippen molar-refractivity contribution in [3.05, 3.63) is 66.3 Å². The zero-order chi connectivity index (χ0) is 14.0. The van der Waals surface area contributed by atoms with E-state index in [-0.39, 0.29) is 5.56 Å². The lowest BCUT2D eigenvalue weighted by Crippen LogP contribution is -2.04. The average Bonchev–Trinajstić information content (AvgIpc) is 2.43. The summed E-state index contributed by atoms with van der Waals surface area (Å²) < 4.78 is 0. The quantitative estimate of drug-likeness (QED) is 0.869. The van der Waals surface area contributed by atoms with Crippen LogP contribution in [0.25, 0.3) is 29.0 Å².